The van der Waals surface area contributed by atoms with E-state index in [1.165, 1.54) is 18.8 Å². The first-order valence-corrected chi connectivity index (χ1v) is 9.38. The molecule has 1 saturated carbocycles. The Morgan fingerprint density at radius 3 is 2.81 bits per heavy atom. The standard InChI is InChI=1S/C17H21N5O3S/c1-11-5-3-4-6-13(11)19-16(23)12-7-8-15(14(9-12)22(24)25)26-17-20-18-10-21(17)2/h7-11,13H,3-6H2,1-2H3,(H,19,23)/t11-,13+/m1/s1. The number of nitrogens with one attached hydrogen (secondary N) is 1. The zero-order valence-corrected chi connectivity index (χ0v) is 15.5. The van der Waals surface area contributed by atoms with Crippen molar-refractivity contribution in [3.63, 3.8) is 0 Å². The second-order valence-electron chi connectivity index (χ2n) is 6.61. The number of carbonyl (C=O) groups is 1. The highest BCUT2D eigenvalue weighted by atomic mass is 32.2. The van der Waals surface area contributed by atoms with Crippen molar-refractivity contribution in [2.24, 2.45) is 13.0 Å². The van der Waals surface area contributed by atoms with E-state index in [0.717, 1.165) is 31.0 Å². The third kappa shape index (κ3) is 4.04. The van der Waals surface area contributed by atoms with E-state index in [2.05, 4.69) is 22.4 Å². The number of benzene rings is 1. The number of hydrogen-bond donors (Lipinski definition) is 1. The molecule has 1 heterocycles. The van der Waals surface area contributed by atoms with E-state index in [0.29, 0.717) is 21.5 Å². The zero-order chi connectivity index (χ0) is 18.7. The molecule has 9 heteroatoms. The van der Waals surface area contributed by atoms with Gasteiger partial charge in [0.1, 0.15) is 6.33 Å². The number of aromatic nitrogens is 3. The van der Waals surface area contributed by atoms with Gasteiger partial charge >= 0.3 is 0 Å². The number of carbonyl (C=O) groups excluding carboxylic acids is 1. The van der Waals surface area contributed by atoms with Crippen LogP contribution in [0.25, 0.3) is 0 Å². The Labute approximate surface area is 155 Å². The summed E-state index contributed by atoms with van der Waals surface area (Å²) in [5.74, 6) is 0.162. The van der Waals surface area contributed by atoms with Gasteiger partial charge in [-0.3, -0.25) is 14.9 Å². The molecule has 1 aromatic carbocycles. The summed E-state index contributed by atoms with van der Waals surface area (Å²) in [6.45, 7) is 2.13. The van der Waals surface area contributed by atoms with Crippen LogP contribution in [0.15, 0.2) is 34.6 Å². The average Bonchev–Trinajstić information content (AvgIpc) is 3.02. The van der Waals surface area contributed by atoms with Gasteiger partial charge in [0.15, 0.2) is 5.16 Å². The van der Waals surface area contributed by atoms with E-state index in [-0.39, 0.29) is 17.6 Å². The predicted molar refractivity (Wildman–Crippen MR) is 97.1 cm³/mol. The summed E-state index contributed by atoms with van der Waals surface area (Å²) in [4.78, 5) is 24.0. The van der Waals surface area contributed by atoms with Gasteiger partial charge in [0.05, 0.1) is 9.82 Å². The molecular weight excluding hydrogens is 354 g/mol. The molecule has 0 radical (unpaired) electrons. The maximum Gasteiger partial charge on any atom is 0.284 e. The topological polar surface area (TPSA) is 103 Å². The fourth-order valence-electron chi connectivity index (χ4n) is 3.13. The first kappa shape index (κ1) is 18.4. The van der Waals surface area contributed by atoms with Crippen molar-refractivity contribution in [3.8, 4) is 0 Å². The minimum Gasteiger partial charge on any atom is -0.349 e. The number of nitrogens with zero attached hydrogens (tertiary/aromatic N) is 4. The van der Waals surface area contributed by atoms with Crippen LogP contribution in [0.5, 0.6) is 0 Å². The highest BCUT2D eigenvalue weighted by molar-refractivity contribution is 7.99. The average molecular weight is 375 g/mol. The quantitative estimate of drug-likeness (QED) is 0.636. The summed E-state index contributed by atoms with van der Waals surface area (Å²) in [7, 11) is 1.77. The summed E-state index contributed by atoms with van der Waals surface area (Å²) >= 11 is 1.15. The van der Waals surface area contributed by atoms with Crippen LogP contribution in [0.2, 0.25) is 0 Å². The Hall–Kier alpha value is -2.42. The first-order valence-electron chi connectivity index (χ1n) is 8.57. The molecule has 1 N–H and O–H groups in total. The van der Waals surface area contributed by atoms with E-state index < -0.39 is 4.92 Å². The van der Waals surface area contributed by atoms with Crippen molar-refractivity contribution in [2.45, 2.75) is 48.7 Å². The lowest BCUT2D eigenvalue weighted by Gasteiger charge is -2.29. The Bertz CT molecular complexity index is 822. The highest BCUT2D eigenvalue weighted by Gasteiger charge is 2.25. The van der Waals surface area contributed by atoms with Gasteiger partial charge in [-0.15, -0.1) is 10.2 Å². The molecule has 0 spiro atoms. The van der Waals surface area contributed by atoms with Crippen LogP contribution in [0, 0.1) is 16.0 Å². The molecule has 2 aromatic rings. The van der Waals surface area contributed by atoms with Gasteiger partial charge in [0.25, 0.3) is 11.6 Å². The minimum absolute atomic E-state index is 0.109. The smallest absolute Gasteiger partial charge is 0.284 e. The van der Waals surface area contributed by atoms with Crippen LogP contribution < -0.4 is 5.32 Å². The number of nitro groups is 1. The molecule has 8 nitrogen and oxygen atoms in total. The zero-order valence-electron chi connectivity index (χ0n) is 14.7. The third-order valence-electron chi connectivity index (χ3n) is 4.72. The van der Waals surface area contributed by atoms with Crippen LogP contribution in [0.1, 0.15) is 43.0 Å². The maximum atomic E-state index is 12.5. The molecule has 1 aliphatic rings. The molecule has 1 amide bonds. The Balaban J connectivity index is 1.80. The highest BCUT2D eigenvalue weighted by Crippen LogP contribution is 2.34. The lowest BCUT2D eigenvalue weighted by atomic mass is 9.86. The van der Waals surface area contributed by atoms with Crippen molar-refractivity contribution in [2.75, 3.05) is 0 Å². The molecule has 0 unspecified atom stereocenters. The summed E-state index contributed by atoms with van der Waals surface area (Å²) in [6.07, 6.45) is 5.87. The molecule has 2 atom stereocenters. The van der Waals surface area contributed by atoms with Crippen LogP contribution in [0.3, 0.4) is 0 Å². The van der Waals surface area contributed by atoms with Crippen molar-refractivity contribution < 1.29 is 9.72 Å². The van der Waals surface area contributed by atoms with Crippen molar-refractivity contribution >= 4 is 23.4 Å². The van der Waals surface area contributed by atoms with Gasteiger partial charge in [0, 0.05) is 24.7 Å². The lowest BCUT2D eigenvalue weighted by molar-refractivity contribution is -0.387. The number of hydrogen-bond acceptors (Lipinski definition) is 6. The van der Waals surface area contributed by atoms with Crippen LogP contribution in [-0.4, -0.2) is 31.6 Å². The number of nitro benzene ring substituents is 1. The lowest BCUT2D eigenvalue weighted by Crippen LogP contribution is -2.41. The Morgan fingerprint density at radius 1 is 1.38 bits per heavy atom. The Morgan fingerprint density at radius 2 is 2.15 bits per heavy atom. The molecular formula is C17H21N5O3S. The summed E-state index contributed by atoms with van der Waals surface area (Å²) in [5.41, 5.74) is 0.194. The van der Waals surface area contributed by atoms with Crippen LogP contribution in [-0.2, 0) is 7.05 Å². The van der Waals surface area contributed by atoms with Gasteiger partial charge in [-0.2, -0.15) is 0 Å². The SMILES string of the molecule is C[C@@H]1CCCC[C@@H]1NC(=O)c1ccc(Sc2nncn2C)c([N+](=O)[O-])c1. The van der Waals surface area contributed by atoms with Gasteiger partial charge in [0.2, 0.25) is 0 Å². The van der Waals surface area contributed by atoms with Crippen molar-refractivity contribution in [1.82, 2.24) is 20.1 Å². The van der Waals surface area contributed by atoms with Crippen molar-refractivity contribution in [1.29, 1.82) is 0 Å². The molecule has 1 aromatic heterocycles. The number of rotatable bonds is 5. The van der Waals surface area contributed by atoms with E-state index in [1.54, 1.807) is 23.7 Å². The van der Waals surface area contributed by atoms with Crippen LogP contribution >= 0.6 is 11.8 Å². The van der Waals surface area contributed by atoms with E-state index in [4.69, 9.17) is 0 Å². The molecule has 1 aliphatic carbocycles. The summed E-state index contributed by atoms with van der Waals surface area (Å²) < 4.78 is 1.68. The fourth-order valence-corrected chi connectivity index (χ4v) is 3.98. The minimum atomic E-state index is -0.473. The second-order valence-corrected chi connectivity index (χ2v) is 7.62. The van der Waals surface area contributed by atoms with Crippen LogP contribution in [0.4, 0.5) is 5.69 Å². The number of aryl methyl sites for hydroxylation is 1. The second kappa shape index (κ2) is 7.86. The molecule has 3 rings (SSSR count). The molecule has 1 fully saturated rings. The number of amides is 1. The predicted octanol–water partition coefficient (Wildman–Crippen LogP) is 3.18. The maximum absolute atomic E-state index is 12.5. The normalized spacial score (nSPS) is 19.9. The fraction of sp³-hybridized carbons (Fsp3) is 0.471. The largest absolute Gasteiger partial charge is 0.349 e. The van der Waals surface area contributed by atoms with Gasteiger partial charge in [-0.1, -0.05) is 19.8 Å². The van der Waals surface area contributed by atoms with E-state index in [9.17, 15) is 14.9 Å². The van der Waals surface area contributed by atoms with E-state index >= 15 is 0 Å². The monoisotopic (exact) mass is 375 g/mol. The van der Waals surface area contributed by atoms with Gasteiger partial charge < -0.3 is 9.88 Å². The van der Waals surface area contributed by atoms with E-state index in [1.807, 2.05) is 0 Å². The summed E-state index contributed by atoms with van der Waals surface area (Å²) in [6, 6.07) is 4.68. The van der Waals surface area contributed by atoms with Gasteiger partial charge in [-0.05, 0) is 42.7 Å². The van der Waals surface area contributed by atoms with Crippen molar-refractivity contribution in [3.05, 3.63) is 40.2 Å². The molecule has 0 saturated heterocycles. The van der Waals surface area contributed by atoms with Gasteiger partial charge in [-0.25, -0.2) is 0 Å². The molecule has 0 bridgehead atoms. The molecule has 0 aliphatic heterocycles. The molecule has 26 heavy (non-hydrogen) atoms. The Kier molecular flexibility index (Phi) is 5.55. The third-order valence-corrected chi connectivity index (χ3v) is 5.83. The first-order chi connectivity index (χ1) is 12.5. The molecule has 138 valence electrons. The summed E-state index contributed by atoms with van der Waals surface area (Å²) in [5, 5.41) is 22.7.